The van der Waals surface area contributed by atoms with E-state index < -0.39 is 17.7 Å². The zero-order valence-corrected chi connectivity index (χ0v) is 13.5. The van der Waals surface area contributed by atoms with Gasteiger partial charge in [-0.05, 0) is 32.9 Å². The zero-order chi connectivity index (χ0) is 16.5. The van der Waals surface area contributed by atoms with Gasteiger partial charge in [0.1, 0.15) is 5.60 Å². The molecular weight excluding hydrogens is 332 g/mol. The summed E-state index contributed by atoms with van der Waals surface area (Å²) in [5.41, 5.74) is 2.18. The van der Waals surface area contributed by atoms with Crippen LogP contribution in [0.1, 0.15) is 31.1 Å². The molecule has 118 valence electrons. The molecule has 1 aromatic carbocycles. The van der Waals surface area contributed by atoms with Gasteiger partial charge >= 0.3 is 12.1 Å². The van der Waals surface area contributed by atoms with E-state index in [2.05, 4.69) is 10.5 Å². The number of fused-ring (bicyclic) bond motifs is 1. The minimum Gasteiger partial charge on any atom is -0.478 e. The summed E-state index contributed by atoms with van der Waals surface area (Å²) in [6, 6.07) is 2.85. The molecule has 9 heteroatoms. The van der Waals surface area contributed by atoms with Crippen LogP contribution in [0, 0.1) is 0 Å². The Morgan fingerprint density at radius 1 is 1.36 bits per heavy atom. The first-order chi connectivity index (χ1) is 10.2. The maximum absolute atomic E-state index is 11.4. The third kappa shape index (κ3) is 3.99. The highest BCUT2D eigenvalue weighted by molar-refractivity contribution is 7.22. The first-order valence-corrected chi connectivity index (χ1v) is 7.34. The van der Waals surface area contributed by atoms with Crippen LogP contribution in [0.15, 0.2) is 12.1 Å². The molecule has 0 fully saturated rings. The fourth-order valence-corrected chi connectivity index (χ4v) is 2.57. The van der Waals surface area contributed by atoms with Gasteiger partial charge in [0.05, 0.1) is 20.8 Å². The van der Waals surface area contributed by atoms with Gasteiger partial charge < -0.3 is 14.7 Å². The quantitative estimate of drug-likeness (QED) is 0.643. The van der Waals surface area contributed by atoms with E-state index in [0.29, 0.717) is 10.2 Å². The summed E-state index contributed by atoms with van der Waals surface area (Å²) < 4.78 is 5.55. The smallest absolute Gasteiger partial charge is 0.478 e. The van der Waals surface area contributed by atoms with Gasteiger partial charge in [0.15, 0.2) is 0 Å². The zero-order valence-electron chi connectivity index (χ0n) is 12.0. The molecule has 0 unspecified atom stereocenters. The molecule has 0 aliphatic heterocycles. The average Bonchev–Trinajstić information content (AvgIpc) is 2.74. The van der Waals surface area contributed by atoms with E-state index in [1.54, 1.807) is 20.8 Å². The Kier molecular flexibility index (Phi) is 4.43. The van der Waals surface area contributed by atoms with Crippen molar-refractivity contribution < 1.29 is 24.3 Å². The van der Waals surface area contributed by atoms with Crippen LogP contribution < -0.4 is 5.48 Å². The number of nitrogens with zero attached hydrogens (tertiary/aromatic N) is 1. The van der Waals surface area contributed by atoms with Crippen molar-refractivity contribution in [1.82, 2.24) is 4.98 Å². The second-order valence-electron chi connectivity index (χ2n) is 5.29. The Morgan fingerprint density at radius 2 is 2.05 bits per heavy atom. The number of benzene rings is 1. The van der Waals surface area contributed by atoms with E-state index in [1.165, 1.54) is 12.1 Å². The molecule has 0 aliphatic rings. The number of thiazole rings is 1. The lowest BCUT2D eigenvalue weighted by molar-refractivity contribution is 0.00297. The van der Waals surface area contributed by atoms with Crippen molar-refractivity contribution in [3.05, 3.63) is 22.7 Å². The largest absolute Gasteiger partial charge is 0.533 e. The fraction of sp³-hybridized carbons (Fsp3) is 0.308. The van der Waals surface area contributed by atoms with E-state index in [1.807, 2.05) is 0 Å². The summed E-state index contributed by atoms with van der Waals surface area (Å²) in [6.45, 7) is 5.13. The summed E-state index contributed by atoms with van der Waals surface area (Å²) in [7, 11) is 0. The van der Waals surface area contributed by atoms with Gasteiger partial charge in [-0.1, -0.05) is 22.9 Å². The van der Waals surface area contributed by atoms with Crippen molar-refractivity contribution in [2.45, 2.75) is 26.4 Å². The molecule has 22 heavy (non-hydrogen) atoms. The van der Waals surface area contributed by atoms with Crippen LogP contribution in [0.2, 0.25) is 5.02 Å². The maximum Gasteiger partial charge on any atom is 0.533 e. The van der Waals surface area contributed by atoms with Crippen LogP contribution in [0.25, 0.3) is 10.2 Å². The lowest BCUT2D eigenvalue weighted by Crippen LogP contribution is -2.25. The van der Waals surface area contributed by atoms with Gasteiger partial charge in [-0.2, -0.15) is 5.48 Å². The summed E-state index contributed by atoms with van der Waals surface area (Å²) in [5.74, 6) is -1.13. The third-order valence-electron chi connectivity index (χ3n) is 2.32. The van der Waals surface area contributed by atoms with Crippen LogP contribution in [0.5, 0.6) is 0 Å². The standard InChI is InChI=1S/C13H13ClN2O5S/c1-13(2,3)20-12(19)21-16-11-15-8-5-7(14)6(10(17)18)4-9(8)22-11/h4-5H,1-3H3,(H,15,16)(H,17,18). The molecule has 1 heterocycles. The van der Waals surface area contributed by atoms with Gasteiger partial charge in [0.25, 0.3) is 0 Å². The minimum atomic E-state index is -1.13. The Hall–Kier alpha value is -2.06. The number of hydrogen-bond acceptors (Lipinski definition) is 7. The van der Waals surface area contributed by atoms with Crippen molar-refractivity contribution in [3.8, 4) is 0 Å². The molecule has 2 rings (SSSR count). The normalized spacial score (nSPS) is 11.3. The second kappa shape index (κ2) is 5.98. The van der Waals surface area contributed by atoms with Crippen molar-refractivity contribution in [3.63, 3.8) is 0 Å². The van der Waals surface area contributed by atoms with Crippen LogP contribution in [0.3, 0.4) is 0 Å². The molecule has 0 aliphatic carbocycles. The number of hydrogen-bond donors (Lipinski definition) is 2. The number of halogens is 1. The van der Waals surface area contributed by atoms with Gasteiger partial charge in [0, 0.05) is 0 Å². The molecule has 0 amide bonds. The van der Waals surface area contributed by atoms with Crippen LogP contribution >= 0.6 is 22.9 Å². The van der Waals surface area contributed by atoms with E-state index >= 15 is 0 Å². The van der Waals surface area contributed by atoms with E-state index in [4.69, 9.17) is 26.3 Å². The summed E-state index contributed by atoms with van der Waals surface area (Å²) >= 11 is 6.99. The van der Waals surface area contributed by atoms with Crippen LogP contribution in [0.4, 0.5) is 9.93 Å². The molecule has 0 bridgehead atoms. The molecule has 0 radical (unpaired) electrons. The first kappa shape index (κ1) is 16.3. The number of carboxylic acids is 1. The number of aromatic nitrogens is 1. The van der Waals surface area contributed by atoms with E-state index in [-0.39, 0.29) is 15.7 Å². The Bertz CT molecular complexity index is 738. The molecule has 2 aromatic rings. The van der Waals surface area contributed by atoms with Crippen molar-refractivity contribution in [2.75, 3.05) is 5.48 Å². The lowest BCUT2D eigenvalue weighted by Gasteiger charge is -2.18. The predicted molar refractivity (Wildman–Crippen MR) is 82.5 cm³/mol. The topological polar surface area (TPSA) is 97.8 Å². The maximum atomic E-state index is 11.4. The number of anilines is 1. The number of ether oxygens (including phenoxy) is 1. The molecule has 7 nitrogen and oxygen atoms in total. The lowest BCUT2D eigenvalue weighted by atomic mass is 10.2. The number of aromatic carboxylic acids is 1. The summed E-state index contributed by atoms with van der Waals surface area (Å²) in [5, 5.41) is 9.38. The molecular formula is C13H13ClN2O5S. The average molecular weight is 345 g/mol. The molecule has 0 saturated heterocycles. The van der Waals surface area contributed by atoms with Gasteiger partial charge in [-0.3, -0.25) is 0 Å². The number of carboxylic acid groups (broad SMARTS) is 1. The van der Waals surface area contributed by atoms with E-state index in [0.717, 1.165) is 11.3 Å². The number of nitrogens with one attached hydrogen (secondary N) is 1. The highest BCUT2D eigenvalue weighted by atomic mass is 35.5. The monoisotopic (exact) mass is 344 g/mol. The Labute approximate surface area is 134 Å². The Balaban J connectivity index is 2.13. The minimum absolute atomic E-state index is 0.0163. The Morgan fingerprint density at radius 3 is 2.64 bits per heavy atom. The third-order valence-corrected chi connectivity index (χ3v) is 3.55. The SMILES string of the molecule is CC(C)(C)OC(=O)ONc1nc2cc(Cl)c(C(=O)O)cc2s1. The molecule has 1 aromatic heterocycles. The van der Waals surface area contributed by atoms with Crippen LogP contribution in [-0.2, 0) is 9.57 Å². The van der Waals surface area contributed by atoms with Gasteiger partial charge in [-0.15, -0.1) is 0 Å². The number of carbonyl (C=O) groups excluding carboxylic acids is 1. The molecule has 0 atom stereocenters. The highest BCUT2D eigenvalue weighted by Gasteiger charge is 2.18. The molecule has 2 N–H and O–H groups in total. The summed E-state index contributed by atoms with van der Waals surface area (Å²) in [6.07, 6.45) is -0.893. The molecule has 0 spiro atoms. The van der Waals surface area contributed by atoms with Gasteiger partial charge in [-0.25, -0.2) is 14.6 Å². The number of rotatable bonds is 3. The van der Waals surface area contributed by atoms with Crippen molar-refractivity contribution in [1.29, 1.82) is 0 Å². The fourth-order valence-electron chi connectivity index (χ4n) is 1.51. The second-order valence-corrected chi connectivity index (χ2v) is 6.73. The predicted octanol–water partition coefficient (Wildman–Crippen LogP) is 3.93. The summed E-state index contributed by atoms with van der Waals surface area (Å²) in [4.78, 5) is 31.3. The van der Waals surface area contributed by atoms with Crippen LogP contribution in [-0.4, -0.2) is 27.8 Å². The molecule has 0 saturated carbocycles. The highest BCUT2D eigenvalue weighted by Crippen LogP contribution is 2.30. The van der Waals surface area contributed by atoms with Gasteiger partial charge in [0.2, 0.25) is 5.13 Å². The first-order valence-electron chi connectivity index (χ1n) is 6.15. The van der Waals surface area contributed by atoms with Crippen molar-refractivity contribution in [2.24, 2.45) is 0 Å². The van der Waals surface area contributed by atoms with E-state index in [9.17, 15) is 9.59 Å². The van der Waals surface area contributed by atoms with Crippen molar-refractivity contribution >= 4 is 50.4 Å². The number of carbonyl (C=O) groups is 2.